The van der Waals surface area contributed by atoms with Crippen molar-refractivity contribution < 1.29 is 19.4 Å². The molecule has 0 saturated carbocycles. The van der Waals surface area contributed by atoms with Crippen LogP contribution in [0.2, 0.25) is 0 Å². The van der Waals surface area contributed by atoms with Gasteiger partial charge >= 0.3 is 6.09 Å². The second-order valence-corrected chi connectivity index (χ2v) is 7.29. The number of rotatable bonds is 2. The first-order valence-corrected chi connectivity index (χ1v) is 9.11. The van der Waals surface area contributed by atoms with Gasteiger partial charge in [-0.1, -0.05) is 48.5 Å². The van der Waals surface area contributed by atoms with E-state index in [-0.39, 0.29) is 24.0 Å². The van der Waals surface area contributed by atoms with E-state index < -0.39 is 6.10 Å². The van der Waals surface area contributed by atoms with E-state index in [0.717, 1.165) is 0 Å². The normalized spacial score (nSPS) is 26.5. The Labute approximate surface area is 152 Å². The number of likely N-dealkylation sites (tertiary alicyclic amines) is 1. The lowest BCUT2D eigenvalue weighted by Gasteiger charge is -2.23. The fraction of sp³-hybridized carbons (Fsp3) is 0.381. The number of β-amino-alcohol motifs (C(OH)–C–C–N with tert-alkyl or cyclic N) is 1. The van der Waals surface area contributed by atoms with Gasteiger partial charge in [0, 0.05) is 11.8 Å². The molecule has 26 heavy (non-hydrogen) atoms. The molecule has 2 saturated heterocycles. The summed E-state index contributed by atoms with van der Waals surface area (Å²) in [5.41, 5.74) is 4.82. The zero-order valence-electron chi connectivity index (χ0n) is 14.4. The molecule has 0 aromatic heterocycles. The van der Waals surface area contributed by atoms with Crippen LogP contribution in [0.25, 0.3) is 11.1 Å². The highest BCUT2D eigenvalue weighted by atomic mass is 16.6. The third-order valence-electron chi connectivity index (χ3n) is 5.94. The highest BCUT2D eigenvalue weighted by molar-refractivity contribution is 5.79. The molecule has 0 radical (unpaired) electrons. The summed E-state index contributed by atoms with van der Waals surface area (Å²) in [6.45, 7) is 1.62. The smallest absolute Gasteiger partial charge is 0.410 e. The van der Waals surface area contributed by atoms with Gasteiger partial charge in [0.25, 0.3) is 0 Å². The van der Waals surface area contributed by atoms with Gasteiger partial charge in [-0.2, -0.15) is 0 Å². The van der Waals surface area contributed by atoms with Gasteiger partial charge in [0.05, 0.1) is 31.9 Å². The summed E-state index contributed by atoms with van der Waals surface area (Å²) in [6.07, 6.45) is -0.883. The SMILES string of the molecule is O=C(OCC1c2ccccc2-c2ccccc21)N1C[C@@H](O)[C@@H]2COC[C@@H]21. The first-order valence-electron chi connectivity index (χ1n) is 9.11. The Morgan fingerprint density at radius 2 is 1.73 bits per heavy atom. The van der Waals surface area contributed by atoms with Crippen molar-refractivity contribution in [3.05, 3.63) is 59.7 Å². The van der Waals surface area contributed by atoms with E-state index in [1.165, 1.54) is 22.3 Å². The number of ether oxygens (including phenoxy) is 2. The minimum atomic E-state index is -0.525. The lowest BCUT2D eigenvalue weighted by molar-refractivity contribution is 0.0705. The molecular formula is C21H21NO4. The summed E-state index contributed by atoms with van der Waals surface area (Å²) < 4.78 is 11.1. The van der Waals surface area contributed by atoms with Crippen LogP contribution in [0.3, 0.4) is 0 Å². The van der Waals surface area contributed by atoms with Crippen LogP contribution in [-0.4, -0.2) is 54.6 Å². The number of fused-ring (bicyclic) bond motifs is 4. The van der Waals surface area contributed by atoms with Crippen LogP contribution in [0.1, 0.15) is 17.0 Å². The van der Waals surface area contributed by atoms with Gasteiger partial charge in [0.1, 0.15) is 6.61 Å². The summed E-state index contributed by atoms with van der Waals surface area (Å²) in [5.74, 6) is 0.0602. The molecule has 0 bridgehead atoms. The van der Waals surface area contributed by atoms with Crippen molar-refractivity contribution in [1.82, 2.24) is 4.90 Å². The van der Waals surface area contributed by atoms with Gasteiger partial charge in [0.2, 0.25) is 0 Å². The Bertz CT molecular complexity index is 806. The summed E-state index contributed by atoms with van der Waals surface area (Å²) in [5, 5.41) is 10.1. The van der Waals surface area contributed by atoms with Crippen molar-refractivity contribution in [2.75, 3.05) is 26.4 Å². The number of hydrogen-bond acceptors (Lipinski definition) is 4. The fourth-order valence-corrected chi connectivity index (χ4v) is 4.61. The van der Waals surface area contributed by atoms with E-state index in [2.05, 4.69) is 24.3 Å². The van der Waals surface area contributed by atoms with Crippen LogP contribution in [0.15, 0.2) is 48.5 Å². The van der Waals surface area contributed by atoms with Gasteiger partial charge in [-0.3, -0.25) is 4.90 Å². The predicted molar refractivity (Wildman–Crippen MR) is 95.9 cm³/mol. The summed E-state index contributed by atoms with van der Waals surface area (Å²) in [4.78, 5) is 14.3. The monoisotopic (exact) mass is 351 g/mol. The minimum Gasteiger partial charge on any atom is -0.448 e. The van der Waals surface area contributed by atoms with Gasteiger partial charge in [-0.15, -0.1) is 0 Å². The average molecular weight is 351 g/mol. The first-order chi connectivity index (χ1) is 12.7. The van der Waals surface area contributed by atoms with E-state index in [9.17, 15) is 9.90 Å². The predicted octanol–water partition coefficient (Wildman–Crippen LogP) is 2.63. The minimum absolute atomic E-state index is 0.00971. The quantitative estimate of drug-likeness (QED) is 0.904. The second kappa shape index (κ2) is 6.11. The molecule has 1 amide bonds. The lowest BCUT2D eigenvalue weighted by Crippen LogP contribution is -2.39. The Morgan fingerprint density at radius 1 is 1.08 bits per heavy atom. The summed E-state index contributed by atoms with van der Waals surface area (Å²) in [7, 11) is 0. The van der Waals surface area contributed by atoms with E-state index in [1.54, 1.807) is 4.90 Å². The van der Waals surface area contributed by atoms with E-state index >= 15 is 0 Å². The Hall–Kier alpha value is -2.37. The van der Waals surface area contributed by atoms with Gasteiger partial charge in [-0.05, 0) is 22.3 Å². The molecule has 5 rings (SSSR count). The van der Waals surface area contributed by atoms with Gasteiger partial charge < -0.3 is 14.6 Å². The number of hydrogen-bond donors (Lipinski definition) is 1. The number of benzene rings is 2. The van der Waals surface area contributed by atoms with Crippen LogP contribution in [-0.2, 0) is 9.47 Å². The number of aliphatic hydroxyl groups is 1. The Balaban J connectivity index is 1.35. The van der Waals surface area contributed by atoms with Crippen LogP contribution < -0.4 is 0 Å². The maximum absolute atomic E-state index is 12.7. The van der Waals surface area contributed by atoms with Crippen LogP contribution in [0.4, 0.5) is 4.79 Å². The van der Waals surface area contributed by atoms with Crippen molar-refractivity contribution in [3.63, 3.8) is 0 Å². The van der Waals surface area contributed by atoms with E-state index in [0.29, 0.717) is 26.4 Å². The molecule has 2 fully saturated rings. The molecule has 2 heterocycles. The lowest BCUT2D eigenvalue weighted by atomic mass is 9.98. The second-order valence-electron chi connectivity index (χ2n) is 7.29. The molecule has 1 N–H and O–H groups in total. The summed E-state index contributed by atoms with van der Waals surface area (Å²) in [6, 6.07) is 16.5. The van der Waals surface area contributed by atoms with Crippen LogP contribution in [0.5, 0.6) is 0 Å². The molecule has 5 nitrogen and oxygen atoms in total. The molecule has 0 spiro atoms. The number of aliphatic hydroxyl groups excluding tert-OH is 1. The van der Waals surface area contributed by atoms with E-state index in [1.807, 2.05) is 24.3 Å². The zero-order chi connectivity index (χ0) is 17.7. The van der Waals surface area contributed by atoms with Crippen molar-refractivity contribution in [3.8, 4) is 11.1 Å². The highest BCUT2D eigenvalue weighted by Gasteiger charge is 2.47. The fourth-order valence-electron chi connectivity index (χ4n) is 4.61. The molecule has 5 heteroatoms. The third kappa shape index (κ3) is 2.35. The maximum atomic E-state index is 12.7. The molecule has 134 valence electrons. The maximum Gasteiger partial charge on any atom is 0.410 e. The van der Waals surface area contributed by atoms with Crippen LogP contribution in [0, 0.1) is 5.92 Å². The van der Waals surface area contributed by atoms with Crippen molar-refractivity contribution >= 4 is 6.09 Å². The standard InChI is InChI=1S/C21H21NO4/c23-20-9-22(19-12-25-10-18(19)20)21(24)26-11-17-15-7-3-1-5-13(15)14-6-2-4-8-16(14)17/h1-8,17-20,23H,9-12H2/t18-,19+,20-/m1/s1. The first kappa shape index (κ1) is 15.9. The third-order valence-corrected chi connectivity index (χ3v) is 5.94. The Morgan fingerprint density at radius 3 is 2.42 bits per heavy atom. The zero-order valence-corrected chi connectivity index (χ0v) is 14.4. The molecule has 0 unspecified atom stereocenters. The van der Waals surface area contributed by atoms with Crippen molar-refractivity contribution in [2.24, 2.45) is 5.92 Å². The van der Waals surface area contributed by atoms with Crippen LogP contribution >= 0.6 is 0 Å². The number of carbonyl (C=O) groups is 1. The number of carbonyl (C=O) groups excluding carboxylic acids is 1. The molecule has 3 atom stereocenters. The Kier molecular flexibility index (Phi) is 3.72. The molecular weight excluding hydrogens is 330 g/mol. The number of nitrogens with zero attached hydrogens (tertiary/aromatic N) is 1. The molecule has 3 aliphatic rings. The van der Waals surface area contributed by atoms with Gasteiger partial charge in [-0.25, -0.2) is 4.79 Å². The average Bonchev–Trinajstić information content (AvgIpc) is 3.34. The molecule has 2 aromatic rings. The number of amides is 1. The summed E-state index contributed by atoms with van der Waals surface area (Å²) >= 11 is 0. The topological polar surface area (TPSA) is 59.0 Å². The largest absolute Gasteiger partial charge is 0.448 e. The molecule has 2 aromatic carbocycles. The van der Waals surface area contributed by atoms with Crippen molar-refractivity contribution in [2.45, 2.75) is 18.1 Å². The van der Waals surface area contributed by atoms with Crippen molar-refractivity contribution in [1.29, 1.82) is 0 Å². The highest BCUT2D eigenvalue weighted by Crippen LogP contribution is 2.44. The molecule has 2 aliphatic heterocycles. The van der Waals surface area contributed by atoms with E-state index in [4.69, 9.17) is 9.47 Å². The van der Waals surface area contributed by atoms with Gasteiger partial charge in [0.15, 0.2) is 0 Å². The molecule has 1 aliphatic carbocycles.